The molecule has 90 valence electrons. The number of nitrogens with one attached hydrogen (secondary N) is 1. The molecule has 1 amide bonds. The Balaban J connectivity index is 2.49. The van der Waals surface area contributed by atoms with Crippen molar-refractivity contribution in [1.29, 1.82) is 0 Å². The largest absolute Gasteiger partial charge is 0.415 e. The van der Waals surface area contributed by atoms with E-state index in [1.165, 1.54) is 0 Å². The van der Waals surface area contributed by atoms with Crippen LogP contribution in [0.3, 0.4) is 0 Å². The van der Waals surface area contributed by atoms with Crippen LogP contribution in [0, 0.1) is 5.21 Å². The number of hydrogen-bond acceptors (Lipinski definition) is 7. The van der Waals surface area contributed by atoms with Gasteiger partial charge >= 0.3 is 12.0 Å². The molecule has 3 N–H and O–H groups in total. The van der Waals surface area contributed by atoms with E-state index in [9.17, 15) is 10.0 Å². The Morgan fingerprint density at radius 1 is 1.62 bits per heavy atom. The van der Waals surface area contributed by atoms with E-state index >= 15 is 0 Å². The van der Waals surface area contributed by atoms with E-state index in [0.29, 0.717) is 6.42 Å². The summed E-state index contributed by atoms with van der Waals surface area (Å²) in [6, 6.07) is 0. The van der Waals surface area contributed by atoms with Gasteiger partial charge in [0.2, 0.25) is 0 Å². The van der Waals surface area contributed by atoms with Crippen molar-refractivity contribution < 1.29 is 29.3 Å². The van der Waals surface area contributed by atoms with Gasteiger partial charge in [0.15, 0.2) is 0 Å². The van der Waals surface area contributed by atoms with E-state index in [0.717, 1.165) is 0 Å². The summed E-state index contributed by atoms with van der Waals surface area (Å²) in [6.07, 6.45) is -0.473. The number of amides is 1. The lowest BCUT2D eigenvalue weighted by molar-refractivity contribution is -0.809. The highest BCUT2D eigenvalue weighted by Gasteiger charge is 2.22. The minimum absolute atomic E-state index is 0.0592. The average molecular weight is 233 g/mol. The first-order chi connectivity index (χ1) is 7.69. The second-order valence-corrected chi connectivity index (χ2v) is 2.73. The smallest absolute Gasteiger partial charge is 0.396 e. The first-order valence-electron chi connectivity index (χ1n) is 4.45. The molecule has 9 nitrogen and oxygen atoms in total. The molecule has 0 radical (unpaired) electrons. The van der Waals surface area contributed by atoms with Gasteiger partial charge in [0, 0.05) is 13.2 Å². The number of aliphatic hydroxyl groups excluding tert-OH is 2. The van der Waals surface area contributed by atoms with E-state index in [-0.39, 0.29) is 29.6 Å². The molecular formula is C7H11N3O6. The molecule has 0 aliphatic rings. The highest BCUT2D eigenvalue weighted by Crippen LogP contribution is 2.10. The third-order valence-corrected chi connectivity index (χ3v) is 1.61. The zero-order valence-electron chi connectivity index (χ0n) is 8.25. The number of nitrogens with zero attached hydrogens (tertiary/aromatic N) is 2. The van der Waals surface area contributed by atoms with Crippen molar-refractivity contribution in [1.82, 2.24) is 10.5 Å². The second-order valence-electron chi connectivity index (χ2n) is 2.73. The van der Waals surface area contributed by atoms with Gasteiger partial charge in [0.05, 0.1) is 5.16 Å². The number of carbonyl (C=O) groups excluding carboxylic acids is 1. The molecule has 0 fully saturated rings. The lowest BCUT2D eigenvalue weighted by Crippen LogP contribution is -2.31. The first kappa shape index (κ1) is 12.2. The van der Waals surface area contributed by atoms with Crippen LogP contribution in [0.15, 0.2) is 4.63 Å². The molecule has 0 saturated heterocycles. The third-order valence-electron chi connectivity index (χ3n) is 1.61. The highest BCUT2D eigenvalue weighted by molar-refractivity contribution is 5.69. The zero-order chi connectivity index (χ0) is 12.0. The highest BCUT2D eigenvalue weighted by atomic mass is 16.8. The molecule has 0 atom stereocenters. The van der Waals surface area contributed by atoms with Crippen LogP contribution >= 0.6 is 0 Å². The van der Waals surface area contributed by atoms with E-state index in [1.807, 2.05) is 0 Å². The van der Waals surface area contributed by atoms with E-state index in [2.05, 4.69) is 19.8 Å². The van der Waals surface area contributed by atoms with E-state index in [4.69, 9.17) is 10.2 Å². The Hall–Kier alpha value is -1.87. The fourth-order valence-corrected chi connectivity index (χ4v) is 0.851. The Morgan fingerprint density at radius 3 is 3.00 bits per heavy atom. The standard InChI is InChI=1S/C7H11N3O6/c11-3-1-2-8-7(13)15-6-5(4-12)10(14)16-9-6/h11-12H,1-4H2,(H,8,13). The number of carbonyl (C=O) groups is 1. The van der Waals surface area contributed by atoms with Crippen LogP contribution in [0.25, 0.3) is 0 Å². The van der Waals surface area contributed by atoms with Crippen molar-refractivity contribution in [2.45, 2.75) is 13.0 Å². The molecule has 0 unspecified atom stereocenters. The summed E-state index contributed by atoms with van der Waals surface area (Å²) in [6.45, 7) is -0.502. The second kappa shape index (κ2) is 5.88. The van der Waals surface area contributed by atoms with E-state index < -0.39 is 12.7 Å². The van der Waals surface area contributed by atoms with Crippen molar-refractivity contribution >= 4 is 6.09 Å². The summed E-state index contributed by atoms with van der Waals surface area (Å²) < 4.78 is 8.71. The summed E-state index contributed by atoms with van der Waals surface area (Å²) in [5.41, 5.74) is -0.294. The average Bonchev–Trinajstić information content (AvgIpc) is 2.59. The lowest BCUT2D eigenvalue weighted by atomic mass is 10.4. The quantitative estimate of drug-likeness (QED) is 0.406. The van der Waals surface area contributed by atoms with Gasteiger partial charge in [-0.15, -0.1) is 0 Å². The molecule has 0 aromatic carbocycles. The zero-order valence-corrected chi connectivity index (χ0v) is 8.25. The molecule has 0 bridgehead atoms. The summed E-state index contributed by atoms with van der Waals surface area (Å²) in [4.78, 5) is 11.0. The normalized spacial score (nSPS) is 10.1. The van der Waals surface area contributed by atoms with Crippen LogP contribution in [0.4, 0.5) is 4.79 Å². The van der Waals surface area contributed by atoms with Gasteiger partial charge in [-0.05, 0) is 11.3 Å². The third kappa shape index (κ3) is 3.07. The van der Waals surface area contributed by atoms with Gasteiger partial charge in [0.1, 0.15) is 6.61 Å². The van der Waals surface area contributed by atoms with E-state index in [1.54, 1.807) is 0 Å². The fourth-order valence-electron chi connectivity index (χ4n) is 0.851. The van der Waals surface area contributed by atoms with Crippen molar-refractivity contribution in [3.8, 4) is 5.88 Å². The van der Waals surface area contributed by atoms with Gasteiger partial charge in [-0.25, -0.2) is 4.79 Å². The predicted octanol–water partition coefficient (Wildman–Crippen LogP) is -1.73. The fraction of sp³-hybridized carbons (Fsp3) is 0.571. The van der Waals surface area contributed by atoms with Crippen molar-refractivity contribution in [3.63, 3.8) is 0 Å². The minimum Gasteiger partial charge on any atom is -0.396 e. The Bertz CT molecular complexity index is 352. The maximum absolute atomic E-state index is 11.1. The van der Waals surface area contributed by atoms with Crippen LogP contribution in [-0.2, 0) is 6.61 Å². The summed E-state index contributed by atoms with van der Waals surface area (Å²) in [5, 5.41) is 33.4. The molecule has 16 heavy (non-hydrogen) atoms. The number of aliphatic hydroxyl groups is 2. The number of rotatable bonds is 5. The number of ether oxygens (including phenoxy) is 1. The summed E-state index contributed by atoms with van der Waals surface area (Å²) in [5.74, 6) is -0.390. The topological polar surface area (TPSA) is 132 Å². The predicted molar refractivity (Wildman–Crippen MR) is 47.1 cm³/mol. The van der Waals surface area contributed by atoms with Crippen molar-refractivity contribution in [2.24, 2.45) is 0 Å². The van der Waals surface area contributed by atoms with Gasteiger partial charge < -0.3 is 25.5 Å². The van der Waals surface area contributed by atoms with Gasteiger partial charge in [-0.3, -0.25) is 4.63 Å². The van der Waals surface area contributed by atoms with Gasteiger partial charge in [-0.1, -0.05) is 0 Å². The first-order valence-corrected chi connectivity index (χ1v) is 4.45. The lowest BCUT2D eigenvalue weighted by Gasteiger charge is -2.01. The molecule has 1 rings (SSSR count). The van der Waals surface area contributed by atoms with Crippen molar-refractivity contribution in [3.05, 3.63) is 10.9 Å². The maximum atomic E-state index is 11.1. The van der Waals surface area contributed by atoms with Gasteiger partial charge in [0.25, 0.3) is 5.69 Å². The SMILES string of the molecule is O=C(NCCCO)Oc1no[n+]([O-])c1CO. The molecule has 1 aromatic rings. The Morgan fingerprint density at radius 2 is 2.38 bits per heavy atom. The molecule has 1 aromatic heterocycles. The molecule has 9 heteroatoms. The summed E-state index contributed by atoms with van der Waals surface area (Å²) >= 11 is 0. The maximum Gasteiger partial charge on any atom is 0.415 e. The van der Waals surface area contributed by atoms with Crippen LogP contribution in [0.5, 0.6) is 5.88 Å². The van der Waals surface area contributed by atoms with Crippen LogP contribution in [-0.4, -0.2) is 34.6 Å². The Labute approximate surface area is 89.8 Å². The molecule has 0 aliphatic heterocycles. The Kier molecular flexibility index (Phi) is 4.48. The monoisotopic (exact) mass is 233 g/mol. The van der Waals surface area contributed by atoms with Crippen LogP contribution in [0.1, 0.15) is 12.1 Å². The number of hydrogen-bond donors (Lipinski definition) is 3. The number of aromatic nitrogens is 2. The van der Waals surface area contributed by atoms with Crippen molar-refractivity contribution in [2.75, 3.05) is 13.2 Å². The minimum atomic E-state index is -0.850. The summed E-state index contributed by atoms with van der Waals surface area (Å²) in [7, 11) is 0. The molecule has 1 heterocycles. The van der Waals surface area contributed by atoms with Crippen LogP contribution < -0.4 is 15.0 Å². The molecule has 0 spiro atoms. The molecular weight excluding hydrogens is 222 g/mol. The molecule has 0 saturated carbocycles. The molecule has 0 aliphatic carbocycles. The van der Waals surface area contributed by atoms with Crippen LogP contribution in [0.2, 0.25) is 0 Å². The van der Waals surface area contributed by atoms with Gasteiger partial charge in [-0.2, -0.15) is 0 Å².